The fourth-order valence-corrected chi connectivity index (χ4v) is 1.77. The maximum absolute atomic E-state index is 11.1. The first-order valence-electron chi connectivity index (χ1n) is 4.62. The molecule has 0 amide bonds. The molecule has 0 spiro atoms. The van der Waals surface area contributed by atoms with E-state index in [1.165, 1.54) is 0 Å². The Labute approximate surface area is 87.1 Å². The second kappa shape index (κ2) is 3.31. The van der Waals surface area contributed by atoms with Crippen molar-refractivity contribution >= 4 is 22.6 Å². The molecule has 0 saturated heterocycles. The number of aromatic amines is 1. The summed E-state index contributed by atoms with van der Waals surface area (Å²) in [6, 6.07) is 5.29. The molecule has 2 N–H and O–H groups in total. The van der Waals surface area contributed by atoms with E-state index in [4.69, 9.17) is 5.11 Å². The van der Waals surface area contributed by atoms with Gasteiger partial charge in [0.2, 0.25) is 0 Å². The molecule has 4 heteroatoms. The molecule has 0 aliphatic carbocycles. The summed E-state index contributed by atoms with van der Waals surface area (Å²) in [6.07, 6.45) is 1.81. The van der Waals surface area contributed by atoms with Gasteiger partial charge < -0.3 is 15.0 Å². The lowest BCUT2D eigenvalue weighted by atomic mass is 10.1. The van der Waals surface area contributed by atoms with Crippen LogP contribution in [0.1, 0.15) is 10.4 Å². The van der Waals surface area contributed by atoms with E-state index in [9.17, 15) is 4.79 Å². The lowest BCUT2D eigenvalue weighted by Crippen LogP contribution is -2.14. The van der Waals surface area contributed by atoms with Gasteiger partial charge in [-0.1, -0.05) is 0 Å². The van der Waals surface area contributed by atoms with Crippen molar-refractivity contribution in [3.05, 3.63) is 30.0 Å². The number of nitrogens with one attached hydrogen (secondary N) is 1. The van der Waals surface area contributed by atoms with Gasteiger partial charge in [-0.2, -0.15) is 0 Å². The summed E-state index contributed by atoms with van der Waals surface area (Å²) in [4.78, 5) is 15.9. The molecule has 0 aliphatic rings. The number of hydrogen-bond acceptors (Lipinski definition) is 2. The molecular weight excluding hydrogens is 192 g/mol. The van der Waals surface area contributed by atoms with Crippen molar-refractivity contribution in [2.24, 2.45) is 0 Å². The second-order valence-electron chi connectivity index (χ2n) is 3.60. The molecule has 78 valence electrons. The first-order valence-corrected chi connectivity index (χ1v) is 4.62. The highest BCUT2D eigenvalue weighted by molar-refractivity contribution is 6.05. The van der Waals surface area contributed by atoms with Crippen molar-refractivity contribution in [1.82, 2.24) is 4.98 Å². The molecule has 0 bridgehead atoms. The smallest absolute Gasteiger partial charge is 0.337 e. The predicted octanol–water partition coefficient (Wildman–Crippen LogP) is 1.93. The molecule has 0 unspecified atom stereocenters. The quantitative estimate of drug-likeness (QED) is 0.785. The Kier molecular flexibility index (Phi) is 2.11. The number of anilines is 1. The number of rotatable bonds is 2. The molecule has 0 aliphatic heterocycles. The standard InChI is InChI=1S/C11H12N2O2/c1-13(2)10-7-5-6-12-9(7)4-3-8(10)11(14)15/h3-6,12H,1-2H3,(H,14,15). The summed E-state index contributed by atoms with van der Waals surface area (Å²) >= 11 is 0. The number of aromatic nitrogens is 1. The van der Waals surface area contributed by atoms with Gasteiger partial charge in [-0.15, -0.1) is 0 Å². The van der Waals surface area contributed by atoms with Gasteiger partial charge in [0.15, 0.2) is 0 Å². The minimum atomic E-state index is -0.901. The van der Waals surface area contributed by atoms with E-state index in [0.29, 0.717) is 5.56 Å². The van der Waals surface area contributed by atoms with Gasteiger partial charge in [-0.3, -0.25) is 0 Å². The van der Waals surface area contributed by atoms with Crippen molar-refractivity contribution in [3.8, 4) is 0 Å². The third kappa shape index (κ3) is 1.44. The molecule has 4 nitrogen and oxygen atoms in total. The predicted molar refractivity (Wildman–Crippen MR) is 59.6 cm³/mol. The molecule has 0 saturated carbocycles. The summed E-state index contributed by atoms with van der Waals surface area (Å²) in [7, 11) is 3.68. The van der Waals surface area contributed by atoms with E-state index in [0.717, 1.165) is 16.6 Å². The number of carboxylic acids is 1. The van der Waals surface area contributed by atoms with Crippen LogP contribution in [0, 0.1) is 0 Å². The Morgan fingerprint density at radius 3 is 2.67 bits per heavy atom. The molecule has 2 rings (SSSR count). The maximum Gasteiger partial charge on any atom is 0.337 e. The molecule has 15 heavy (non-hydrogen) atoms. The number of carbonyl (C=O) groups is 1. The van der Waals surface area contributed by atoms with Gasteiger partial charge in [0.1, 0.15) is 0 Å². The van der Waals surface area contributed by atoms with Gasteiger partial charge in [-0.05, 0) is 18.2 Å². The molecule has 2 aromatic rings. The lowest BCUT2D eigenvalue weighted by molar-refractivity contribution is 0.0698. The van der Waals surface area contributed by atoms with Crippen LogP contribution in [0.25, 0.3) is 10.9 Å². The lowest BCUT2D eigenvalue weighted by Gasteiger charge is -2.16. The first-order chi connectivity index (χ1) is 7.11. The summed E-state index contributed by atoms with van der Waals surface area (Å²) in [6.45, 7) is 0. The number of aromatic carboxylic acids is 1. The van der Waals surface area contributed by atoms with Gasteiger partial charge in [0.25, 0.3) is 0 Å². The third-order valence-corrected chi connectivity index (χ3v) is 2.38. The Balaban J connectivity index is 2.81. The Morgan fingerprint density at radius 1 is 1.33 bits per heavy atom. The normalized spacial score (nSPS) is 10.5. The van der Waals surface area contributed by atoms with Crippen LogP contribution >= 0.6 is 0 Å². The van der Waals surface area contributed by atoms with Crippen LogP contribution in [0.15, 0.2) is 24.4 Å². The summed E-state index contributed by atoms with van der Waals surface area (Å²) in [5.74, 6) is -0.901. The molecule has 0 atom stereocenters. The second-order valence-corrected chi connectivity index (χ2v) is 3.60. The van der Waals surface area contributed by atoms with Crippen LogP contribution in [-0.2, 0) is 0 Å². The monoisotopic (exact) mass is 204 g/mol. The highest BCUT2D eigenvalue weighted by atomic mass is 16.4. The highest BCUT2D eigenvalue weighted by Crippen LogP contribution is 2.29. The molecular formula is C11H12N2O2. The minimum absolute atomic E-state index is 0.326. The van der Waals surface area contributed by atoms with Gasteiger partial charge in [-0.25, -0.2) is 4.79 Å². The number of nitrogens with zero attached hydrogens (tertiary/aromatic N) is 1. The van der Waals surface area contributed by atoms with Crippen molar-refractivity contribution in [2.75, 3.05) is 19.0 Å². The number of hydrogen-bond donors (Lipinski definition) is 2. The van der Waals surface area contributed by atoms with Gasteiger partial charge >= 0.3 is 5.97 Å². The number of benzene rings is 1. The SMILES string of the molecule is CN(C)c1c(C(=O)O)ccc2[nH]ccc12. The van der Waals surface area contributed by atoms with Crippen molar-refractivity contribution in [3.63, 3.8) is 0 Å². The average Bonchev–Trinajstić information content (AvgIpc) is 2.62. The zero-order valence-electron chi connectivity index (χ0n) is 8.61. The van der Waals surface area contributed by atoms with E-state index in [1.807, 2.05) is 31.3 Å². The summed E-state index contributed by atoms with van der Waals surface area (Å²) < 4.78 is 0. The molecule has 0 fully saturated rings. The van der Waals surface area contributed by atoms with Crippen LogP contribution in [0.3, 0.4) is 0 Å². The summed E-state index contributed by atoms with van der Waals surface area (Å²) in [5, 5.41) is 10.0. The summed E-state index contributed by atoms with van der Waals surface area (Å²) in [5.41, 5.74) is 2.01. The van der Waals surface area contributed by atoms with Gasteiger partial charge in [0, 0.05) is 31.2 Å². The molecule has 1 heterocycles. The third-order valence-electron chi connectivity index (χ3n) is 2.38. The largest absolute Gasteiger partial charge is 0.478 e. The van der Waals surface area contributed by atoms with Crippen molar-refractivity contribution in [1.29, 1.82) is 0 Å². The van der Waals surface area contributed by atoms with Crippen LogP contribution in [0.2, 0.25) is 0 Å². The Bertz CT molecular complexity index is 514. The Morgan fingerprint density at radius 2 is 2.07 bits per heavy atom. The zero-order chi connectivity index (χ0) is 11.0. The topological polar surface area (TPSA) is 56.3 Å². The molecule has 1 aromatic heterocycles. The van der Waals surface area contributed by atoms with Crippen molar-refractivity contribution < 1.29 is 9.90 Å². The number of fused-ring (bicyclic) bond motifs is 1. The fourth-order valence-electron chi connectivity index (χ4n) is 1.77. The number of carboxylic acid groups (broad SMARTS) is 1. The first kappa shape index (κ1) is 9.58. The molecule has 0 radical (unpaired) electrons. The van der Waals surface area contributed by atoms with Crippen molar-refractivity contribution in [2.45, 2.75) is 0 Å². The van der Waals surface area contributed by atoms with Crippen LogP contribution in [0.4, 0.5) is 5.69 Å². The maximum atomic E-state index is 11.1. The van der Waals surface area contributed by atoms with E-state index >= 15 is 0 Å². The van der Waals surface area contributed by atoms with E-state index in [1.54, 1.807) is 12.1 Å². The average molecular weight is 204 g/mol. The zero-order valence-corrected chi connectivity index (χ0v) is 8.61. The van der Waals surface area contributed by atoms with E-state index in [2.05, 4.69) is 4.98 Å². The molecule has 1 aromatic carbocycles. The van der Waals surface area contributed by atoms with Crippen LogP contribution in [-0.4, -0.2) is 30.2 Å². The van der Waals surface area contributed by atoms with E-state index < -0.39 is 5.97 Å². The number of H-pyrrole nitrogens is 1. The van der Waals surface area contributed by atoms with Gasteiger partial charge in [0.05, 0.1) is 11.3 Å². The Hall–Kier alpha value is -1.97. The van der Waals surface area contributed by atoms with Crippen LogP contribution in [0.5, 0.6) is 0 Å². The fraction of sp³-hybridized carbons (Fsp3) is 0.182. The van der Waals surface area contributed by atoms with E-state index in [-0.39, 0.29) is 0 Å². The minimum Gasteiger partial charge on any atom is -0.478 e. The van der Waals surface area contributed by atoms with Crippen LogP contribution < -0.4 is 4.90 Å². The highest BCUT2D eigenvalue weighted by Gasteiger charge is 2.15.